The predicted octanol–water partition coefficient (Wildman–Crippen LogP) is 7.00. The molecule has 1 heterocycles. The normalized spacial score (nSPS) is 19.6. The lowest BCUT2D eigenvalue weighted by Gasteiger charge is -2.36. The Morgan fingerprint density at radius 2 is 1.81 bits per heavy atom. The second kappa shape index (κ2) is 7.08. The molecule has 0 bridgehead atoms. The van der Waals surface area contributed by atoms with Gasteiger partial charge in [0, 0.05) is 16.4 Å². The Labute approximate surface area is 161 Å². The van der Waals surface area contributed by atoms with Crippen LogP contribution in [0.25, 0.3) is 0 Å². The number of rotatable bonds is 3. The van der Waals surface area contributed by atoms with E-state index in [2.05, 4.69) is 17.1 Å². The van der Waals surface area contributed by atoms with Crippen molar-refractivity contribution >= 4 is 17.3 Å². The van der Waals surface area contributed by atoms with Crippen LogP contribution in [-0.4, -0.2) is 6.18 Å². The van der Waals surface area contributed by atoms with Gasteiger partial charge in [0.05, 0.1) is 12.5 Å². The zero-order chi connectivity index (χ0) is 19.0. The largest absolute Gasteiger partial charge is 0.393 e. The van der Waals surface area contributed by atoms with Crippen molar-refractivity contribution < 1.29 is 13.2 Å². The van der Waals surface area contributed by atoms with E-state index in [4.69, 9.17) is 11.6 Å². The van der Waals surface area contributed by atoms with Gasteiger partial charge in [-0.25, -0.2) is 0 Å². The smallest absolute Gasteiger partial charge is 0.334 e. The highest BCUT2D eigenvalue weighted by atomic mass is 35.5. The minimum absolute atomic E-state index is 0.0194. The maximum atomic E-state index is 12.7. The fourth-order valence-corrected chi connectivity index (χ4v) is 4.14. The van der Waals surface area contributed by atoms with Crippen molar-refractivity contribution in [3.8, 4) is 0 Å². The molecule has 27 heavy (non-hydrogen) atoms. The van der Waals surface area contributed by atoms with Crippen molar-refractivity contribution in [2.75, 3.05) is 4.90 Å². The quantitative estimate of drug-likeness (QED) is 0.546. The van der Waals surface area contributed by atoms with Crippen LogP contribution in [0.15, 0.2) is 72.0 Å². The average molecular weight is 390 g/mol. The molecular weight excluding hydrogens is 371 g/mol. The molecule has 5 heteroatoms. The first-order valence-electron chi connectivity index (χ1n) is 9.01. The van der Waals surface area contributed by atoms with E-state index in [0.29, 0.717) is 5.02 Å². The summed E-state index contributed by atoms with van der Waals surface area (Å²) in [6, 6.07) is 14.5. The Morgan fingerprint density at radius 3 is 2.52 bits per heavy atom. The van der Waals surface area contributed by atoms with E-state index in [-0.39, 0.29) is 11.6 Å². The van der Waals surface area contributed by atoms with Crippen molar-refractivity contribution in [3.05, 3.63) is 88.1 Å². The molecule has 2 aromatic rings. The summed E-state index contributed by atoms with van der Waals surface area (Å²) in [5.41, 5.74) is 4.82. The molecule has 0 amide bonds. The summed E-state index contributed by atoms with van der Waals surface area (Å²) in [7, 11) is 0. The molecule has 1 atom stereocenters. The first kappa shape index (κ1) is 18.2. The summed E-state index contributed by atoms with van der Waals surface area (Å²) in [6.45, 7) is 0. The topological polar surface area (TPSA) is 3.24 Å². The Balaban J connectivity index is 1.71. The van der Waals surface area contributed by atoms with Gasteiger partial charge in [-0.3, -0.25) is 0 Å². The Bertz CT molecular complexity index is 897. The summed E-state index contributed by atoms with van der Waals surface area (Å²) < 4.78 is 38.0. The van der Waals surface area contributed by atoms with E-state index in [1.165, 1.54) is 11.3 Å². The number of benzene rings is 2. The van der Waals surface area contributed by atoms with Gasteiger partial charge in [0.2, 0.25) is 0 Å². The maximum Gasteiger partial charge on any atom is 0.393 e. The summed E-state index contributed by atoms with van der Waals surface area (Å²) in [6.07, 6.45) is 2.35. The van der Waals surface area contributed by atoms with Crippen LogP contribution in [0.2, 0.25) is 5.02 Å². The molecule has 0 aromatic heterocycles. The van der Waals surface area contributed by atoms with Crippen LogP contribution in [0, 0.1) is 0 Å². The van der Waals surface area contributed by atoms with E-state index in [0.717, 1.165) is 30.5 Å². The number of nitrogens with zero attached hydrogens (tertiary/aromatic N) is 1. The molecule has 1 nitrogen and oxygen atoms in total. The summed E-state index contributed by atoms with van der Waals surface area (Å²) >= 11 is 6.19. The first-order valence-corrected chi connectivity index (χ1v) is 9.39. The SMILES string of the molecule is FC(F)(F)Cc1ccc(N2C3=C(C=CC2c2cccc(Cl)c2)CCC3)cc1. The monoisotopic (exact) mass is 389 g/mol. The molecule has 1 aliphatic carbocycles. The highest BCUT2D eigenvalue weighted by Crippen LogP contribution is 2.43. The average Bonchev–Trinajstić information content (AvgIpc) is 3.09. The van der Waals surface area contributed by atoms with Crippen molar-refractivity contribution in [2.45, 2.75) is 37.9 Å². The zero-order valence-corrected chi connectivity index (χ0v) is 15.4. The van der Waals surface area contributed by atoms with Crippen LogP contribution in [0.5, 0.6) is 0 Å². The van der Waals surface area contributed by atoms with E-state index < -0.39 is 12.6 Å². The third-order valence-electron chi connectivity index (χ3n) is 5.09. The van der Waals surface area contributed by atoms with Crippen LogP contribution in [-0.2, 0) is 6.42 Å². The van der Waals surface area contributed by atoms with Crippen molar-refractivity contribution in [2.24, 2.45) is 0 Å². The lowest BCUT2D eigenvalue weighted by atomic mass is 9.97. The molecule has 1 unspecified atom stereocenters. The Kier molecular flexibility index (Phi) is 4.77. The maximum absolute atomic E-state index is 12.7. The van der Waals surface area contributed by atoms with Gasteiger partial charge in [0.25, 0.3) is 0 Å². The molecule has 2 aromatic carbocycles. The number of halogens is 4. The van der Waals surface area contributed by atoms with E-state index in [1.54, 1.807) is 24.3 Å². The molecule has 140 valence electrons. The van der Waals surface area contributed by atoms with Gasteiger partial charge < -0.3 is 4.90 Å². The molecule has 0 radical (unpaired) electrons. The summed E-state index contributed by atoms with van der Waals surface area (Å²) in [5, 5.41) is 0.674. The minimum Gasteiger partial charge on any atom is -0.334 e. The number of alkyl halides is 3. The highest BCUT2D eigenvalue weighted by Gasteiger charge is 2.31. The molecule has 0 saturated heterocycles. The van der Waals surface area contributed by atoms with Crippen molar-refractivity contribution in [1.82, 2.24) is 0 Å². The van der Waals surface area contributed by atoms with Gasteiger partial charge in [-0.1, -0.05) is 48.0 Å². The molecule has 0 spiro atoms. The van der Waals surface area contributed by atoms with Gasteiger partial charge >= 0.3 is 6.18 Å². The second-order valence-corrected chi connectivity index (χ2v) is 7.45. The van der Waals surface area contributed by atoms with Crippen LogP contribution in [0.3, 0.4) is 0 Å². The summed E-state index contributed by atoms with van der Waals surface area (Å²) in [4.78, 5) is 2.24. The lowest BCUT2D eigenvalue weighted by Crippen LogP contribution is -2.29. The van der Waals surface area contributed by atoms with Gasteiger partial charge in [0.15, 0.2) is 0 Å². The number of hydrogen-bond acceptors (Lipinski definition) is 1. The van der Waals surface area contributed by atoms with Crippen LogP contribution in [0.1, 0.15) is 36.4 Å². The molecule has 2 aliphatic rings. The predicted molar refractivity (Wildman–Crippen MR) is 103 cm³/mol. The van der Waals surface area contributed by atoms with Crippen LogP contribution >= 0.6 is 11.6 Å². The zero-order valence-electron chi connectivity index (χ0n) is 14.6. The van der Waals surface area contributed by atoms with Gasteiger partial charge in [-0.05, 0) is 60.2 Å². The molecule has 0 fully saturated rings. The Morgan fingerprint density at radius 1 is 1.04 bits per heavy atom. The van der Waals surface area contributed by atoms with Gasteiger partial charge in [0.1, 0.15) is 0 Å². The standard InChI is InChI=1S/C22H19ClF3N/c23-18-5-1-4-17(13-18)21-12-9-16-3-2-6-20(16)27(21)19-10-7-15(8-11-19)14-22(24,25)26/h1,4-5,7-13,21H,2-3,6,14H2. The Hall–Kier alpha value is -2.20. The fraction of sp³-hybridized carbons (Fsp3) is 0.273. The van der Waals surface area contributed by atoms with E-state index in [1.807, 2.05) is 24.3 Å². The molecule has 0 saturated carbocycles. The molecule has 0 N–H and O–H groups in total. The molecule has 4 rings (SSSR count). The van der Waals surface area contributed by atoms with E-state index >= 15 is 0 Å². The fourth-order valence-electron chi connectivity index (χ4n) is 3.94. The van der Waals surface area contributed by atoms with Crippen molar-refractivity contribution in [3.63, 3.8) is 0 Å². The number of hydrogen-bond donors (Lipinski definition) is 0. The highest BCUT2D eigenvalue weighted by molar-refractivity contribution is 6.30. The molecular formula is C22H19ClF3N. The van der Waals surface area contributed by atoms with Gasteiger partial charge in [-0.2, -0.15) is 13.2 Å². The third-order valence-corrected chi connectivity index (χ3v) is 5.32. The van der Waals surface area contributed by atoms with Crippen LogP contribution < -0.4 is 4.90 Å². The molecule has 1 aliphatic heterocycles. The number of allylic oxidation sites excluding steroid dienone is 3. The lowest BCUT2D eigenvalue weighted by molar-refractivity contribution is -0.127. The first-order chi connectivity index (χ1) is 12.9. The van der Waals surface area contributed by atoms with Gasteiger partial charge in [-0.15, -0.1) is 0 Å². The minimum atomic E-state index is -4.19. The van der Waals surface area contributed by atoms with E-state index in [9.17, 15) is 13.2 Å². The summed E-state index contributed by atoms with van der Waals surface area (Å²) in [5.74, 6) is 0. The number of anilines is 1. The van der Waals surface area contributed by atoms with Crippen molar-refractivity contribution in [1.29, 1.82) is 0 Å². The van der Waals surface area contributed by atoms with Crippen LogP contribution in [0.4, 0.5) is 18.9 Å². The second-order valence-electron chi connectivity index (χ2n) is 7.01. The third kappa shape index (κ3) is 3.91.